The van der Waals surface area contributed by atoms with Crippen molar-refractivity contribution in [1.82, 2.24) is 20.0 Å². The van der Waals surface area contributed by atoms with Crippen LogP contribution in [-0.4, -0.2) is 58.7 Å². The Morgan fingerprint density at radius 2 is 1.53 bits per heavy atom. The van der Waals surface area contributed by atoms with Crippen molar-refractivity contribution >= 4 is 17.8 Å². The summed E-state index contributed by atoms with van der Waals surface area (Å²) < 4.78 is 6.06. The zero-order valence-corrected chi connectivity index (χ0v) is 25.1. The third-order valence-corrected chi connectivity index (χ3v) is 8.93. The van der Waals surface area contributed by atoms with E-state index in [2.05, 4.69) is 17.4 Å². The Hall–Kier alpha value is -5.37. The largest absolute Gasteiger partial charge is 0.457 e. The van der Waals surface area contributed by atoms with E-state index in [1.165, 1.54) is 10.5 Å². The van der Waals surface area contributed by atoms with Crippen molar-refractivity contribution in [2.45, 2.75) is 31.5 Å². The molecule has 4 aromatic rings. The molecule has 4 aromatic carbocycles. The van der Waals surface area contributed by atoms with E-state index in [1.54, 1.807) is 11.9 Å². The van der Waals surface area contributed by atoms with Crippen molar-refractivity contribution in [2.75, 3.05) is 20.1 Å². The van der Waals surface area contributed by atoms with E-state index in [-0.39, 0.29) is 24.4 Å². The minimum atomic E-state index is -0.729. The summed E-state index contributed by atoms with van der Waals surface area (Å²) in [5, 5.41) is 3.02. The summed E-state index contributed by atoms with van der Waals surface area (Å²) in [4.78, 5) is 47.1. The molecule has 0 aliphatic carbocycles. The van der Waals surface area contributed by atoms with Crippen molar-refractivity contribution in [3.05, 3.63) is 143 Å². The maximum Gasteiger partial charge on any atom is 0.322 e. The first-order valence-electron chi connectivity index (χ1n) is 15.3. The summed E-state index contributed by atoms with van der Waals surface area (Å²) in [7, 11) is 1.67. The molecule has 4 amide bonds. The van der Waals surface area contributed by atoms with E-state index in [4.69, 9.17) is 4.74 Å². The molecular weight excluding hydrogens is 564 g/mol. The summed E-state index contributed by atoms with van der Waals surface area (Å²) >= 11 is 0. The Bertz CT molecular complexity index is 1790. The Kier molecular flexibility index (Phi) is 7.55. The summed E-state index contributed by atoms with van der Waals surface area (Å²) in [5.74, 6) is 0.952. The van der Waals surface area contributed by atoms with Gasteiger partial charge in [-0.2, -0.15) is 0 Å². The van der Waals surface area contributed by atoms with E-state index >= 15 is 0 Å². The number of amides is 4. The first kappa shape index (κ1) is 28.4. The number of rotatable bonds is 7. The summed E-state index contributed by atoms with van der Waals surface area (Å²) in [6.07, 6.45) is 1.15. The molecule has 0 radical (unpaired) electrons. The van der Waals surface area contributed by atoms with E-state index in [0.29, 0.717) is 42.3 Å². The van der Waals surface area contributed by atoms with Gasteiger partial charge in [-0.25, -0.2) is 4.79 Å². The molecule has 0 unspecified atom stereocenters. The molecule has 45 heavy (non-hydrogen) atoms. The number of fused-ring (bicyclic) bond motifs is 1. The topological polar surface area (TPSA) is 82.2 Å². The highest BCUT2D eigenvalue weighted by Gasteiger charge is 2.47. The molecule has 7 rings (SSSR count). The summed E-state index contributed by atoms with van der Waals surface area (Å²) in [6, 6.07) is 33.2. The number of urea groups is 1. The highest BCUT2D eigenvalue weighted by molar-refractivity contribution is 6.03. The zero-order valence-electron chi connectivity index (χ0n) is 25.1. The number of ether oxygens (including phenoxy) is 1. The molecule has 2 atom stereocenters. The van der Waals surface area contributed by atoms with Gasteiger partial charge in [0.1, 0.15) is 17.5 Å². The lowest BCUT2D eigenvalue weighted by molar-refractivity contribution is -0.143. The third-order valence-electron chi connectivity index (χ3n) is 8.93. The quantitative estimate of drug-likeness (QED) is 0.306. The van der Waals surface area contributed by atoms with Gasteiger partial charge in [-0.3, -0.25) is 14.5 Å². The van der Waals surface area contributed by atoms with Gasteiger partial charge in [-0.15, -0.1) is 0 Å². The lowest BCUT2D eigenvalue weighted by Crippen LogP contribution is -2.52. The van der Waals surface area contributed by atoms with Gasteiger partial charge in [-0.05, 0) is 52.9 Å². The molecule has 8 nitrogen and oxygen atoms in total. The lowest BCUT2D eigenvalue weighted by Gasteiger charge is -2.35. The fourth-order valence-corrected chi connectivity index (χ4v) is 6.54. The van der Waals surface area contributed by atoms with Gasteiger partial charge in [0.05, 0.1) is 23.9 Å². The second kappa shape index (κ2) is 12.0. The first-order chi connectivity index (χ1) is 22.0. The molecule has 3 aliphatic rings. The highest BCUT2D eigenvalue weighted by atomic mass is 16.5. The molecule has 0 saturated carbocycles. The molecule has 3 aliphatic heterocycles. The number of likely N-dealkylation sites (N-methyl/N-ethyl adjacent to an activating group) is 1. The number of hydrogen-bond acceptors (Lipinski definition) is 4. The highest BCUT2D eigenvalue weighted by Crippen LogP contribution is 2.38. The first-order valence-corrected chi connectivity index (χ1v) is 15.3. The van der Waals surface area contributed by atoms with Crippen molar-refractivity contribution in [2.24, 2.45) is 0 Å². The molecule has 0 spiro atoms. The molecule has 0 saturated heterocycles. The van der Waals surface area contributed by atoms with Crippen LogP contribution in [0.1, 0.15) is 28.3 Å². The molecule has 0 fully saturated rings. The van der Waals surface area contributed by atoms with Crippen LogP contribution < -0.4 is 10.1 Å². The average molecular weight is 599 g/mol. The van der Waals surface area contributed by atoms with Crippen molar-refractivity contribution in [1.29, 1.82) is 0 Å². The van der Waals surface area contributed by atoms with Crippen molar-refractivity contribution in [3.8, 4) is 11.5 Å². The fourth-order valence-electron chi connectivity index (χ4n) is 6.54. The Morgan fingerprint density at radius 3 is 2.31 bits per heavy atom. The number of carbonyl (C=O) groups excluding carboxylic acids is 3. The Labute approximate surface area is 262 Å². The second-order valence-electron chi connectivity index (χ2n) is 11.7. The van der Waals surface area contributed by atoms with Crippen LogP contribution in [0.2, 0.25) is 0 Å². The number of nitrogens with zero attached hydrogens (tertiary/aromatic N) is 3. The van der Waals surface area contributed by atoms with Crippen LogP contribution in [0.4, 0.5) is 4.79 Å². The Morgan fingerprint density at radius 1 is 0.844 bits per heavy atom. The number of hydrogen-bond donors (Lipinski definition) is 1. The molecule has 0 bridgehead atoms. The van der Waals surface area contributed by atoms with Crippen LogP contribution in [-0.2, 0) is 29.0 Å². The number of para-hydroxylation sites is 1. The van der Waals surface area contributed by atoms with Crippen molar-refractivity contribution < 1.29 is 19.1 Å². The monoisotopic (exact) mass is 598 g/mol. The van der Waals surface area contributed by atoms with E-state index in [0.717, 1.165) is 23.1 Å². The molecule has 226 valence electrons. The van der Waals surface area contributed by atoms with Gasteiger partial charge in [0.25, 0.3) is 5.91 Å². The lowest BCUT2D eigenvalue weighted by atomic mass is 9.95. The molecule has 1 N–H and O–H groups in total. The molecule has 3 heterocycles. The van der Waals surface area contributed by atoms with Gasteiger partial charge in [0, 0.05) is 26.6 Å². The maximum absolute atomic E-state index is 14.5. The van der Waals surface area contributed by atoms with Gasteiger partial charge in [0.2, 0.25) is 5.91 Å². The van der Waals surface area contributed by atoms with Crippen LogP contribution in [0.15, 0.2) is 120 Å². The van der Waals surface area contributed by atoms with Crippen molar-refractivity contribution in [3.63, 3.8) is 0 Å². The van der Waals surface area contributed by atoms with E-state index in [1.807, 2.05) is 102 Å². The van der Waals surface area contributed by atoms with Gasteiger partial charge < -0.3 is 19.9 Å². The van der Waals surface area contributed by atoms with Crippen LogP contribution in [0.3, 0.4) is 0 Å². The number of benzene rings is 4. The fraction of sp³-hybridized carbons (Fsp3) is 0.216. The van der Waals surface area contributed by atoms with Gasteiger partial charge in [-0.1, -0.05) is 84.9 Å². The van der Waals surface area contributed by atoms with Crippen LogP contribution >= 0.6 is 0 Å². The SMILES string of the molecule is CN1C(=O)N[C@@H](c2cccc(Oc3ccccc3)c2)C2=C1CN([C@H](Cc1ccccc1)C(=O)N1CCc3ccccc3C1)C2=O. The minimum Gasteiger partial charge on any atom is -0.457 e. The number of carbonyl (C=O) groups is 3. The molecule has 0 aromatic heterocycles. The van der Waals surface area contributed by atoms with Gasteiger partial charge in [0.15, 0.2) is 0 Å². The van der Waals surface area contributed by atoms with Crippen LogP contribution in [0.25, 0.3) is 0 Å². The second-order valence-corrected chi connectivity index (χ2v) is 11.7. The smallest absolute Gasteiger partial charge is 0.322 e. The average Bonchev–Trinajstić information content (AvgIpc) is 3.42. The van der Waals surface area contributed by atoms with Crippen LogP contribution in [0, 0.1) is 0 Å². The molecule has 8 heteroatoms. The summed E-state index contributed by atoms with van der Waals surface area (Å²) in [5.41, 5.74) is 5.17. The summed E-state index contributed by atoms with van der Waals surface area (Å²) in [6.45, 7) is 1.27. The normalized spacial score (nSPS) is 18.3. The van der Waals surface area contributed by atoms with E-state index < -0.39 is 12.1 Å². The van der Waals surface area contributed by atoms with Crippen LogP contribution in [0.5, 0.6) is 11.5 Å². The zero-order chi connectivity index (χ0) is 30.9. The van der Waals surface area contributed by atoms with E-state index in [9.17, 15) is 14.4 Å². The maximum atomic E-state index is 14.5. The third kappa shape index (κ3) is 5.55. The minimum absolute atomic E-state index is 0.0849. The standard InChI is InChI=1S/C37H34N4O4/c1-39-32-24-41(31(21-25-11-4-2-5-12-25)35(42)40-20-19-26-13-8-9-14-28(26)23-40)36(43)33(32)34(38-37(39)44)27-15-10-18-30(22-27)45-29-16-6-3-7-17-29/h2-18,22,31,34H,19-21,23-24H2,1H3,(H,38,44)/t31-,34+/m1/s1. The van der Waals surface area contributed by atoms with Gasteiger partial charge >= 0.3 is 6.03 Å². The molecular formula is C37H34N4O4. The number of nitrogens with one attached hydrogen (secondary N) is 1. The predicted octanol–water partition coefficient (Wildman–Crippen LogP) is 5.47. The Balaban J connectivity index is 1.20. The predicted molar refractivity (Wildman–Crippen MR) is 170 cm³/mol.